The lowest BCUT2D eigenvalue weighted by molar-refractivity contribution is 0.0531. The van der Waals surface area contributed by atoms with E-state index < -0.39 is 0 Å². The van der Waals surface area contributed by atoms with Crippen molar-refractivity contribution in [2.75, 3.05) is 20.2 Å². The molecule has 0 amide bonds. The van der Waals surface area contributed by atoms with Crippen LogP contribution in [0.25, 0.3) is 0 Å². The summed E-state index contributed by atoms with van der Waals surface area (Å²) in [5.41, 5.74) is 0.694. The van der Waals surface area contributed by atoms with Crippen molar-refractivity contribution < 1.29 is 9.53 Å². The molecule has 26 heavy (non-hydrogen) atoms. The molecular weight excluding hydrogens is 370 g/mol. The summed E-state index contributed by atoms with van der Waals surface area (Å²) < 4.78 is 5.07. The third kappa shape index (κ3) is 5.50. The number of aliphatic imine (C=N–C) groups is 1. The Kier molecular flexibility index (Phi) is 7.52. The molecule has 0 aromatic carbocycles. The van der Waals surface area contributed by atoms with Gasteiger partial charge in [-0.2, -0.15) is 0 Å². The predicted octanol–water partition coefficient (Wildman–Crippen LogP) is 2.86. The van der Waals surface area contributed by atoms with E-state index in [1.165, 1.54) is 16.2 Å². The number of esters is 1. The van der Waals surface area contributed by atoms with Gasteiger partial charge in [-0.15, -0.1) is 22.7 Å². The van der Waals surface area contributed by atoms with Gasteiger partial charge < -0.3 is 15.4 Å². The summed E-state index contributed by atoms with van der Waals surface area (Å²) in [6.07, 6.45) is 2.73. The van der Waals surface area contributed by atoms with Crippen LogP contribution in [0.5, 0.6) is 0 Å². The molecule has 0 radical (unpaired) electrons. The van der Waals surface area contributed by atoms with E-state index in [1.807, 2.05) is 20.0 Å². The van der Waals surface area contributed by atoms with Crippen LogP contribution >= 0.6 is 22.7 Å². The first-order valence-corrected chi connectivity index (χ1v) is 10.1. The van der Waals surface area contributed by atoms with E-state index in [1.54, 1.807) is 25.3 Å². The number of ether oxygens (including phenoxy) is 1. The molecule has 0 saturated carbocycles. The highest BCUT2D eigenvalue weighted by Gasteiger charge is 2.20. The maximum absolute atomic E-state index is 11.9. The van der Waals surface area contributed by atoms with E-state index in [-0.39, 0.29) is 12.0 Å². The standard InChI is InChI=1S/C17H25N5O2S2/c1-6-24-16(23)14-11(3)21-15(26-14)12(4)22-17(18-5)19-8-7-13-20-9-10(2)25-13/h9,12H,6-8H2,1-5H3,(H2,18,19,22). The summed E-state index contributed by atoms with van der Waals surface area (Å²) in [6.45, 7) is 8.75. The van der Waals surface area contributed by atoms with Crippen molar-refractivity contribution in [1.82, 2.24) is 20.6 Å². The Morgan fingerprint density at radius 1 is 1.38 bits per heavy atom. The van der Waals surface area contributed by atoms with Gasteiger partial charge in [0.15, 0.2) is 5.96 Å². The van der Waals surface area contributed by atoms with Gasteiger partial charge in [0.25, 0.3) is 0 Å². The Labute approximate surface area is 161 Å². The smallest absolute Gasteiger partial charge is 0.350 e. The second kappa shape index (κ2) is 9.63. The Hall–Kier alpha value is -2.00. The van der Waals surface area contributed by atoms with E-state index in [0.717, 1.165) is 23.0 Å². The van der Waals surface area contributed by atoms with E-state index in [0.29, 0.717) is 23.1 Å². The Morgan fingerprint density at radius 3 is 2.77 bits per heavy atom. The first-order chi connectivity index (χ1) is 12.4. The fraction of sp³-hybridized carbons (Fsp3) is 0.529. The zero-order valence-corrected chi connectivity index (χ0v) is 17.4. The van der Waals surface area contributed by atoms with Crippen LogP contribution in [-0.4, -0.2) is 42.1 Å². The van der Waals surface area contributed by atoms with Gasteiger partial charge in [-0.3, -0.25) is 4.99 Å². The molecule has 2 aromatic heterocycles. The minimum atomic E-state index is -0.317. The van der Waals surface area contributed by atoms with Gasteiger partial charge in [0.05, 0.1) is 23.4 Å². The van der Waals surface area contributed by atoms with Crippen LogP contribution in [-0.2, 0) is 11.2 Å². The minimum absolute atomic E-state index is 0.0739. The average molecular weight is 396 g/mol. The maximum atomic E-state index is 11.9. The van der Waals surface area contributed by atoms with Crippen LogP contribution in [0.4, 0.5) is 0 Å². The largest absolute Gasteiger partial charge is 0.462 e. The molecule has 0 spiro atoms. The van der Waals surface area contributed by atoms with Gasteiger partial charge in [0.1, 0.15) is 9.88 Å². The molecule has 0 aliphatic carbocycles. The SMILES string of the molecule is CCOC(=O)c1sc(C(C)NC(=NC)NCCc2ncc(C)s2)nc1C. The molecule has 1 unspecified atom stereocenters. The Bertz CT molecular complexity index is 769. The van der Waals surface area contributed by atoms with Gasteiger partial charge in [0.2, 0.25) is 0 Å². The summed E-state index contributed by atoms with van der Waals surface area (Å²) in [5.74, 6) is 0.374. The van der Waals surface area contributed by atoms with Crippen molar-refractivity contribution in [2.45, 2.75) is 40.2 Å². The van der Waals surface area contributed by atoms with Crippen molar-refractivity contribution in [2.24, 2.45) is 4.99 Å². The number of aryl methyl sites for hydroxylation is 2. The van der Waals surface area contributed by atoms with Crippen LogP contribution < -0.4 is 10.6 Å². The molecule has 2 rings (SSSR count). The van der Waals surface area contributed by atoms with Gasteiger partial charge in [0, 0.05) is 31.1 Å². The number of aromatic nitrogens is 2. The second-order valence-electron chi connectivity index (χ2n) is 5.67. The van der Waals surface area contributed by atoms with Crippen LogP contribution in [0.3, 0.4) is 0 Å². The number of nitrogens with one attached hydrogen (secondary N) is 2. The summed E-state index contributed by atoms with van der Waals surface area (Å²) in [4.78, 5) is 26.8. The van der Waals surface area contributed by atoms with Crippen molar-refractivity contribution in [3.05, 3.63) is 31.7 Å². The third-order valence-corrected chi connectivity index (χ3v) is 5.81. The monoisotopic (exact) mass is 395 g/mol. The molecule has 2 N–H and O–H groups in total. The molecule has 0 aliphatic rings. The molecule has 0 aliphatic heterocycles. The minimum Gasteiger partial charge on any atom is -0.462 e. The number of carbonyl (C=O) groups is 1. The first kappa shape index (κ1) is 20.3. The van der Waals surface area contributed by atoms with E-state index in [4.69, 9.17) is 4.74 Å². The fourth-order valence-corrected chi connectivity index (χ4v) is 4.00. The summed E-state index contributed by atoms with van der Waals surface area (Å²) in [6, 6.07) is -0.0739. The molecule has 2 aromatic rings. The van der Waals surface area contributed by atoms with Crippen LogP contribution in [0.2, 0.25) is 0 Å². The molecule has 1 atom stereocenters. The number of hydrogen-bond acceptors (Lipinski definition) is 7. The zero-order chi connectivity index (χ0) is 19.1. The van der Waals surface area contributed by atoms with Crippen molar-refractivity contribution in [3.8, 4) is 0 Å². The van der Waals surface area contributed by atoms with Crippen LogP contribution in [0, 0.1) is 13.8 Å². The number of hydrogen-bond donors (Lipinski definition) is 2. The highest BCUT2D eigenvalue weighted by molar-refractivity contribution is 7.13. The highest BCUT2D eigenvalue weighted by atomic mass is 32.1. The number of thiazole rings is 2. The third-order valence-electron chi connectivity index (χ3n) is 3.52. The molecule has 0 bridgehead atoms. The van der Waals surface area contributed by atoms with E-state index in [9.17, 15) is 4.79 Å². The summed E-state index contributed by atoms with van der Waals surface area (Å²) in [7, 11) is 1.73. The van der Waals surface area contributed by atoms with Gasteiger partial charge in [-0.05, 0) is 27.7 Å². The summed E-state index contributed by atoms with van der Waals surface area (Å²) in [5, 5.41) is 8.51. The first-order valence-electron chi connectivity index (χ1n) is 8.47. The van der Waals surface area contributed by atoms with Crippen LogP contribution in [0.1, 0.15) is 50.1 Å². The number of nitrogens with zero attached hydrogens (tertiary/aromatic N) is 3. The molecule has 7 nitrogen and oxygen atoms in total. The highest BCUT2D eigenvalue weighted by Crippen LogP contribution is 2.24. The number of carbonyl (C=O) groups excluding carboxylic acids is 1. The normalized spacial score (nSPS) is 12.7. The summed E-state index contributed by atoms with van der Waals surface area (Å²) >= 11 is 3.06. The van der Waals surface area contributed by atoms with Crippen molar-refractivity contribution >= 4 is 34.6 Å². The lowest BCUT2D eigenvalue weighted by atomic mass is 10.3. The predicted molar refractivity (Wildman–Crippen MR) is 106 cm³/mol. The van der Waals surface area contributed by atoms with Gasteiger partial charge in [-0.1, -0.05) is 0 Å². The molecule has 0 fully saturated rings. The quantitative estimate of drug-likeness (QED) is 0.426. The second-order valence-corrected chi connectivity index (χ2v) is 8.02. The lowest BCUT2D eigenvalue weighted by Crippen LogP contribution is -2.39. The average Bonchev–Trinajstić information content (AvgIpc) is 3.19. The Morgan fingerprint density at radius 2 is 2.15 bits per heavy atom. The van der Waals surface area contributed by atoms with Gasteiger partial charge >= 0.3 is 5.97 Å². The number of guanidine groups is 1. The molecule has 9 heteroatoms. The van der Waals surface area contributed by atoms with E-state index in [2.05, 4.69) is 32.5 Å². The van der Waals surface area contributed by atoms with Crippen LogP contribution in [0.15, 0.2) is 11.2 Å². The van der Waals surface area contributed by atoms with E-state index >= 15 is 0 Å². The van der Waals surface area contributed by atoms with Crippen molar-refractivity contribution in [1.29, 1.82) is 0 Å². The zero-order valence-electron chi connectivity index (χ0n) is 15.8. The molecule has 142 valence electrons. The molecule has 2 heterocycles. The van der Waals surface area contributed by atoms with Crippen molar-refractivity contribution in [3.63, 3.8) is 0 Å². The topological polar surface area (TPSA) is 88.5 Å². The fourth-order valence-electron chi connectivity index (χ4n) is 2.25. The van der Waals surface area contributed by atoms with Gasteiger partial charge in [-0.25, -0.2) is 14.8 Å². The number of rotatable bonds is 7. The molecule has 0 saturated heterocycles. The maximum Gasteiger partial charge on any atom is 0.350 e. The lowest BCUT2D eigenvalue weighted by Gasteiger charge is -2.15. The Balaban J connectivity index is 1.91. The molecular formula is C17H25N5O2S2.